The van der Waals surface area contributed by atoms with E-state index in [-0.39, 0.29) is 19.0 Å². The van der Waals surface area contributed by atoms with Gasteiger partial charge in [0.15, 0.2) is 0 Å². The lowest BCUT2D eigenvalue weighted by molar-refractivity contribution is -0.135. The van der Waals surface area contributed by atoms with E-state index in [0.717, 1.165) is 5.56 Å². The fourth-order valence-electron chi connectivity index (χ4n) is 1.92. The summed E-state index contributed by atoms with van der Waals surface area (Å²) in [5, 5.41) is 2.15. The Balaban J connectivity index is 2.21. The van der Waals surface area contributed by atoms with Gasteiger partial charge in [-0.3, -0.25) is 25.5 Å². The minimum Gasteiger partial charge on any atom is -0.324 e. The van der Waals surface area contributed by atoms with Gasteiger partial charge in [-0.2, -0.15) is 0 Å². The molecule has 1 fully saturated rings. The predicted molar refractivity (Wildman–Crippen MR) is 68.0 cm³/mol. The number of carbonyl (C=O) groups is 3. The standard InChI is InChI=1S/C12H14N4O3/c1-7-4-8(2-3-9(7)15-13)12(19)16-5-10(17)14-11(18)6-16/h2-4,15H,5-6,13H2,1H3,(H,14,17,18). The molecule has 1 heterocycles. The maximum absolute atomic E-state index is 12.2. The summed E-state index contributed by atoms with van der Waals surface area (Å²) in [5.74, 6) is 4.02. The van der Waals surface area contributed by atoms with Crippen LogP contribution in [0.2, 0.25) is 0 Å². The monoisotopic (exact) mass is 262 g/mol. The second kappa shape index (κ2) is 5.07. The number of piperazine rings is 1. The highest BCUT2D eigenvalue weighted by Gasteiger charge is 2.27. The van der Waals surface area contributed by atoms with Gasteiger partial charge in [-0.15, -0.1) is 0 Å². The number of imide groups is 1. The third kappa shape index (κ3) is 2.71. The fraction of sp³-hybridized carbons (Fsp3) is 0.250. The molecule has 1 aliphatic heterocycles. The number of amides is 3. The highest BCUT2D eigenvalue weighted by Crippen LogP contribution is 2.16. The number of carbonyl (C=O) groups excluding carboxylic acids is 3. The van der Waals surface area contributed by atoms with Crippen molar-refractivity contribution in [2.45, 2.75) is 6.92 Å². The molecule has 4 N–H and O–H groups in total. The number of nitrogens with zero attached hydrogens (tertiary/aromatic N) is 1. The number of rotatable bonds is 2. The average molecular weight is 262 g/mol. The van der Waals surface area contributed by atoms with Gasteiger partial charge < -0.3 is 10.3 Å². The van der Waals surface area contributed by atoms with E-state index < -0.39 is 11.8 Å². The lowest BCUT2D eigenvalue weighted by Gasteiger charge is -2.25. The number of hydrogen-bond donors (Lipinski definition) is 3. The first-order valence-electron chi connectivity index (χ1n) is 5.70. The first-order valence-corrected chi connectivity index (χ1v) is 5.70. The normalized spacial score (nSPS) is 15.2. The van der Waals surface area contributed by atoms with Crippen LogP contribution in [0.4, 0.5) is 5.69 Å². The number of benzene rings is 1. The third-order valence-electron chi connectivity index (χ3n) is 2.86. The van der Waals surface area contributed by atoms with Gasteiger partial charge in [0.25, 0.3) is 5.91 Å². The molecule has 0 aromatic heterocycles. The second-order valence-electron chi connectivity index (χ2n) is 4.31. The van der Waals surface area contributed by atoms with Crippen LogP contribution >= 0.6 is 0 Å². The minimum atomic E-state index is -0.471. The molecule has 0 bridgehead atoms. The molecule has 0 atom stereocenters. The minimum absolute atomic E-state index is 0.111. The topological polar surface area (TPSA) is 105 Å². The molecular weight excluding hydrogens is 248 g/mol. The molecule has 1 aromatic rings. The Hall–Kier alpha value is -2.41. The van der Waals surface area contributed by atoms with Gasteiger partial charge in [-0.25, -0.2) is 0 Å². The van der Waals surface area contributed by atoms with E-state index in [2.05, 4.69) is 10.7 Å². The van der Waals surface area contributed by atoms with Crippen molar-refractivity contribution in [3.63, 3.8) is 0 Å². The van der Waals surface area contributed by atoms with Crippen LogP contribution in [-0.2, 0) is 9.59 Å². The van der Waals surface area contributed by atoms with E-state index in [0.29, 0.717) is 11.3 Å². The Morgan fingerprint density at radius 3 is 2.47 bits per heavy atom. The molecule has 19 heavy (non-hydrogen) atoms. The number of anilines is 1. The second-order valence-corrected chi connectivity index (χ2v) is 4.31. The van der Waals surface area contributed by atoms with Crippen LogP contribution in [0.5, 0.6) is 0 Å². The first-order chi connectivity index (χ1) is 9.01. The molecular formula is C12H14N4O3. The number of hydrogen-bond acceptors (Lipinski definition) is 5. The maximum Gasteiger partial charge on any atom is 0.254 e. The summed E-state index contributed by atoms with van der Waals surface area (Å²) < 4.78 is 0. The lowest BCUT2D eigenvalue weighted by Crippen LogP contribution is -2.53. The molecule has 0 radical (unpaired) electrons. The van der Waals surface area contributed by atoms with Crippen LogP contribution in [0.1, 0.15) is 15.9 Å². The smallest absolute Gasteiger partial charge is 0.254 e. The molecule has 1 aliphatic rings. The quantitative estimate of drug-likeness (QED) is 0.374. The Bertz CT molecular complexity index is 540. The molecule has 1 aromatic carbocycles. The van der Waals surface area contributed by atoms with Crippen molar-refractivity contribution >= 4 is 23.4 Å². The van der Waals surface area contributed by atoms with Crippen LogP contribution in [0, 0.1) is 6.92 Å². The lowest BCUT2D eigenvalue weighted by atomic mass is 10.1. The summed E-state index contributed by atoms with van der Waals surface area (Å²) in [6.45, 7) is 1.58. The summed E-state index contributed by atoms with van der Waals surface area (Å²) in [6.07, 6.45) is 0. The zero-order valence-corrected chi connectivity index (χ0v) is 10.4. The molecule has 7 heteroatoms. The van der Waals surface area contributed by atoms with E-state index >= 15 is 0 Å². The average Bonchev–Trinajstić information content (AvgIpc) is 2.36. The Morgan fingerprint density at radius 2 is 1.95 bits per heavy atom. The Kier molecular flexibility index (Phi) is 3.48. The Morgan fingerprint density at radius 1 is 1.32 bits per heavy atom. The fourth-order valence-corrected chi connectivity index (χ4v) is 1.92. The van der Waals surface area contributed by atoms with E-state index in [1.165, 1.54) is 4.90 Å². The van der Waals surface area contributed by atoms with Crippen LogP contribution in [0.15, 0.2) is 18.2 Å². The van der Waals surface area contributed by atoms with Crippen molar-refractivity contribution in [1.82, 2.24) is 10.2 Å². The number of nitrogen functional groups attached to an aromatic ring is 1. The van der Waals surface area contributed by atoms with Gasteiger partial charge in [-0.1, -0.05) is 0 Å². The summed E-state index contributed by atoms with van der Waals surface area (Å²) in [4.78, 5) is 35.9. The van der Waals surface area contributed by atoms with Crippen molar-refractivity contribution in [2.24, 2.45) is 5.84 Å². The van der Waals surface area contributed by atoms with E-state index in [9.17, 15) is 14.4 Å². The van der Waals surface area contributed by atoms with Gasteiger partial charge in [0, 0.05) is 5.56 Å². The number of nitrogens with two attached hydrogens (primary N) is 1. The molecule has 2 rings (SSSR count). The van der Waals surface area contributed by atoms with Crippen molar-refractivity contribution in [3.8, 4) is 0 Å². The SMILES string of the molecule is Cc1cc(C(=O)N2CC(=O)NC(=O)C2)ccc1NN. The maximum atomic E-state index is 12.2. The number of aryl methyl sites for hydroxylation is 1. The zero-order chi connectivity index (χ0) is 14.0. The molecule has 0 unspecified atom stereocenters. The van der Waals surface area contributed by atoms with Crippen LogP contribution < -0.4 is 16.6 Å². The Labute approximate surface area is 109 Å². The van der Waals surface area contributed by atoms with Crippen molar-refractivity contribution in [1.29, 1.82) is 0 Å². The van der Waals surface area contributed by atoms with Gasteiger partial charge >= 0.3 is 0 Å². The van der Waals surface area contributed by atoms with Crippen molar-refractivity contribution < 1.29 is 14.4 Å². The first kappa shape index (κ1) is 13.0. The summed E-state index contributed by atoms with van der Waals surface area (Å²) in [6, 6.07) is 4.93. The van der Waals surface area contributed by atoms with Gasteiger partial charge in [0.1, 0.15) is 13.1 Å². The summed E-state index contributed by atoms with van der Waals surface area (Å²) in [5.41, 5.74) is 4.45. The predicted octanol–water partition coefficient (Wildman–Crippen LogP) is -0.621. The summed E-state index contributed by atoms with van der Waals surface area (Å²) >= 11 is 0. The van der Waals surface area contributed by atoms with Crippen LogP contribution in [-0.4, -0.2) is 35.7 Å². The van der Waals surface area contributed by atoms with Crippen molar-refractivity contribution in [2.75, 3.05) is 18.5 Å². The largest absolute Gasteiger partial charge is 0.324 e. The van der Waals surface area contributed by atoms with E-state index in [1.54, 1.807) is 25.1 Å². The highest BCUT2D eigenvalue weighted by molar-refractivity contribution is 6.05. The van der Waals surface area contributed by atoms with Crippen LogP contribution in [0.25, 0.3) is 0 Å². The van der Waals surface area contributed by atoms with Crippen molar-refractivity contribution in [3.05, 3.63) is 29.3 Å². The molecule has 0 spiro atoms. The summed E-state index contributed by atoms with van der Waals surface area (Å²) in [7, 11) is 0. The molecule has 7 nitrogen and oxygen atoms in total. The highest BCUT2D eigenvalue weighted by atomic mass is 16.2. The van der Waals surface area contributed by atoms with Crippen LogP contribution in [0.3, 0.4) is 0 Å². The van der Waals surface area contributed by atoms with E-state index in [4.69, 9.17) is 5.84 Å². The molecule has 0 aliphatic carbocycles. The van der Waals surface area contributed by atoms with Gasteiger partial charge in [0.2, 0.25) is 11.8 Å². The van der Waals surface area contributed by atoms with Gasteiger partial charge in [-0.05, 0) is 30.7 Å². The molecule has 3 amide bonds. The third-order valence-corrected chi connectivity index (χ3v) is 2.86. The number of hydrazine groups is 1. The molecule has 0 saturated carbocycles. The number of nitrogens with one attached hydrogen (secondary N) is 2. The zero-order valence-electron chi connectivity index (χ0n) is 10.4. The van der Waals surface area contributed by atoms with Gasteiger partial charge in [0.05, 0.1) is 5.69 Å². The van der Waals surface area contributed by atoms with E-state index in [1.807, 2.05) is 0 Å². The molecule has 1 saturated heterocycles. The molecule has 100 valence electrons.